The number of amides is 1. The van der Waals surface area contributed by atoms with Crippen LogP contribution in [0.3, 0.4) is 0 Å². The molecular formula is C14H14N2O3. The number of carbonyl (C=O) groups excluding carboxylic acids is 1. The molecule has 2 aromatic rings. The first kappa shape index (κ1) is 12.9. The first-order chi connectivity index (χ1) is 9.13. The monoisotopic (exact) mass is 258 g/mol. The third-order valence-corrected chi connectivity index (χ3v) is 2.75. The lowest BCUT2D eigenvalue weighted by Crippen LogP contribution is -2.34. The number of nitrogens with one attached hydrogen (secondary N) is 1. The van der Waals surface area contributed by atoms with Crippen molar-refractivity contribution in [2.45, 2.75) is 6.92 Å². The molecule has 1 aromatic carbocycles. The van der Waals surface area contributed by atoms with E-state index in [9.17, 15) is 14.7 Å². The van der Waals surface area contributed by atoms with E-state index in [1.807, 2.05) is 0 Å². The number of pyridine rings is 1. The Morgan fingerprint density at radius 3 is 2.74 bits per heavy atom. The summed E-state index contributed by atoms with van der Waals surface area (Å²) in [5.41, 5.74) is 0.203. The molecule has 5 nitrogen and oxygen atoms in total. The van der Waals surface area contributed by atoms with Crippen LogP contribution in [-0.4, -0.2) is 22.5 Å². The lowest BCUT2D eigenvalue weighted by molar-refractivity contribution is 0.0987. The third kappa shape index (κ3) is 2.65. The summed E-state index contributed by atoms with van der Waals surface area (Å²) in [6.07, 6.45) is 1.48. The quantitative estimate of drug-likeness (QED) is 0.880. The summed E-state index contributed by atoms with van der Waals surface area (Å²) in [5.74, 6) is -0.319. The zero-order valence-corrected chi connectivity index (χ0v) is 10.5. The average molecular weight is 258 g/mol. The van der Waals surface area contributed by atoms with E-state index < -0.39 is 11.5 Å². The summed E-state index contributed by atoms with van der Waals surface area (Å²) in [5, 5.41) is 9.46. The van der Waals surface area contributed by atoms with E-state index in [1.165, 1.54) is 29.3 Å². The molecule has 0 saturated carbocycles. The number of anilines is 1. The van der Waals surface area contributed by atoms with Crippen molar-refractivity contribution in [2.75, 3.05) is 11.4 Å². The molecule has 19 heavy (non-hydrogen) atoms. The van der Waals surface area contributed by atoms with Crippen LogP contribution in [0.4, 0.5) is 5.69 Å². The second kappa shape index (κ2) is 5.39. The van der Waals surface area contributed by atoms with Crippen molar-refractivity contribution in [3.63, 3.8) is 0 Å². The van der Waals surface area contributed by atoms with E-state index in [1.54, 1.807) is 25.1 Å². The fraction of sp³-hybridized carbons (Fsp3) is 0.143. The van der Waals surface area contributed by atoms with Crippen LogP contribution in [-0.2, 0) is 0 Å². The summed E-state index contributed by atoms with van der Waals surface area (Å²) < 4.78 is 0. The van der Waals surface area contributed by atoms with E-state index in [0.29, 0.717) is 12.2 Å². The number of phenolic OH excluding ortho intramolecular Hbond substituents is 1. The normalized spacial score (nSPS) is 10.2. The number of hydrogen-bond donors (Lipinski definition) is 2. The number of carbonyl (C=O) groups is 1. The van der Waals surface area contributed by atoms with Gasteiger partial charge in [-0.1, -0.05) is 6.07 Å². The molecule has 0 aliphatic carbocycles. The Hall–Kier alpha value is -2.56. The molecular weight excluding hydrogens is 244 g/mol. The van der Waals surface area contributed by atoms with E-state index in [4.69, 9.17) is 0 Å². The molecule has 0 saturated heterocycles. The maximum absolute atomic E-state index is 12.3. The third-order valence-electron chi connectivity index (χ3n) is 2.75. The topological polar surface area (TPSA) is 73.4 Å². The first-order valence-electron chi connectivity index (χ1n) is 5.92. The highest BCUT2D eigenvalue weighted by Crippen LogP contribution is 2.21. The molecule has 0 bridgehead atoms. The zero-order chi connectivity index (χ0) is 13.8. The van der Waals surface area contributed by atoms with Crippen LogP contribution in [0.1, 0.15) is 17.3 Å². The van der Waals surface area contributed by atoms with Gasteiger partial charge in [-0.05, 0) is 31.2 Å². The SMILES string of the molecule is CCN(C(=O)c1ccc[nH]c1=O)c1cccc(O)c1. The van der Waals surface area contributed by atoms with E-state index in [-0.39, 0.29) is 11.3 Å². The Bertz CT molecular complexity index is 649. The van der Waals surface area contributed by atoms with Gasteiger partial charge in [-0.3, -0.25) is 9.59 Å². The molecule has 2 N–H and O–H groups in total. The lowest BCUT2D eigenvalue weighted by Gasteiger charge is -2.20. The number of aromatic hydroxyl groups is 1. The van der Waals surface area contributed by atoms with Crippen molar-refractivity contribution in [1.29, 1.82) is 0 Å². The Kier molecular flexibility index (Phi) is 3.66. The van der Waals surface area contributed by atoms with Crippen LogP contribution in [0.2, 0.25) is 0 Å². The predicted molar refractivity (Wildman–Crippen MR) is 72.5 cm³/mol. The maximum atomic E-state index is 12.3. The van der Waals surface area contributed by atoms with Gasteiger partial charge in [0, 0.05) is 24.5 Å². The van der Waals surface area contributed by atoms with Crippen molar-refractivity contribution in [1.82, 2.24) is 4.98 Å². The van der Waals surface area contributed by atoms with Gasteiger partial charge in [0.2, 0.25) is 0 Å². The van der Waals surface area contributed by atoms with Gasteiger partial charge >= 0.3 is 0 Å². The second-order valence-electron chi connectivity index (χ2n) is 3.98. The number of nitrogens with zero attached hydrogens (tertiary/aromatic N) is 1. The predicted octanol–water partition coefficient (Wildman–Crippen LogP) is 1.75. The van der Waals surface area contributed by atoms with Crippen molar-refractivity contribution in [3.05, 3.63) is 58.5 Å². The van der Waals surface area contributed by atoms with Gasteiger partial charge in [0.15, 0.2) is 0 Å². The van der Waals surface area contributed by atoms with E-state index in [0.717, 1.165) is 0 Å². The van der Waals surface area contributed by atoms with Crippen molar-refractivity contribution in [2.24, 2.45) is 0 Å². The van der Waals surface area contributed by atoms with Crippen LogP contribution < -0.4 is 10.5 Å². The highest BCUT2D eigenvalue weighted by atomic mass is 16.3. The van der Waals surface area contributed by atoms with Gasteiger partial charge in [-0.15, -0.1) is 0 Å². The van der Waals surface area contributed by atoms with Crippen molar-refractivity contribution < 1.29 is 9.90 Å². The zero-order valence-electron chi connectivity index (χ0n) is 10.5. The average Bonchev–Trinajstić information content (AvgIpc) is 2.40. The largest absolute Gasteiger partial charge is 0.508 e. The fourth-order valence-electron chi connectivity index (χ4n) is 1.84. The Morgan fingerprint density at radius 1 is 1.32 bits per heavy atom. The van der Waals surface area contributed by atoms with E-state index >= 15 is 0 Å². The highest BCUT2D eigenvalue weighted by molar-refractivity contribution is 6.05. The number of aromatic nitrogens is 1. The molecule has 1 amide bonds. The molecule has 2 rings (SSSR count). The smallest absolute Gasteiger partial charge is 0.263 e. The van der Waals surface area contributed by atoms with Gasteiger partial charge in [0.05, 0.1) is 0 Å². The maximum Gasteiger partial charge on any atom is 0.263 e. The summed E-state index contributed by atoms with van der Waals surface area (Å²) in [4.78, 5) is 27.9. The van der Waals surface area contributed by atoms with Crippen LogP contribution in [0.5, 0.6) is 5.75 Å². The molecule has 0 aliphatic heterocycles. The number of H-pyrrole nitrogens is 1. The van der Waals surface area contributed by atoms with Gasteiger partial charge in [0.1, 0.15) is 11.3 Å². The molecule has 1 heterocycles. The summed E-state index contributed by atoms with van der Waals surface area (Å²) >= 11 is 0. The number of phenols is 1. The van der Waals surface area contributed by atoms with Gasteiger partial charge in [-0.2, -0.15) is 0 Å². The fourth-order valence-corrected chi connectivity index (χ4v) is 1.84. The number of rotatable bonds is 3. The highest BCUT2D eigenvalue weighted by Gasteiger charge is 2.18. The van der Waals surface area contributed by atoms with Crippen molar-refractivity contribution >= 4 is 11.6 Å². The Morgan fingerprint density at radius 2 is 2.11 bits per heavy atom. The van der Waals surface area contributed by atoms with Gasteiger partial charge in [0.25, 0.3) is 11.5 Å². The molecule has 1 aromatic heterocycles. The minimum Gasteiger partial charge on any atom is -0.508 e. The number of aromatic amines is 1. The van der Waals surface area contributed by atoms with Crippen molar-refractivity contribution in [3.8, 4) is 5.75 Å². The van der Waals surface area contributed by atoms with Crippen LogP contribution in [0, 0.1) is 0 Å². The Labute approximate surface area is 110 Å². The Balaban J connectivity index is 2.41. The minimum absolute atomic E-state index is 0.0747. The molecule has 0 atom stereocenters. The van der Waals surface area contributed by atoms with Gasteiger partial charge < -0.3 is 15.0 Å². The molecule has 0 spiro atoms. The van der Waals surface area contributed by atoms with Crippen LogP contribution >= 0.6 is 0 Å². The summed E-state index contributed by atoms with van der Waals surface area (Å²) in [6.45, 7) is 2.20. The summed E-state index contributed by atoms with van der Waals surface area (Å²) in [6, 6.07) is 9.45. The number of hydrogen-bond acceptors (Lipinski definition) is 3. The molecule has 98 valence electrons. The minimum atomic E-state index is -0.425. The molecule has 0 unspecified atom stereocenters. The summed E-state index contributed by atoms with van der Waals surface area (Å²) in [7, 11) is 0. The van der Waals surface area contributed by atoms with E-state index in [2.05, 4.69) is 4.98 Å². The lowest BCUT2D eigenvalue weighted by atomic mass is 10.2. The van der Waals surface area contributed by atoms with Crippen LogP contribution in [0.15, 0.2) is 47.4 Å². The number of benzene rings is 1. The molecule has 5 heteroatoms. The molecule has 0 fully saturated rings. The molecule has 0 radical (unpaired) electrons. The molecule has 0 aliphatic rings. The second-order valence-corrected chi connectivity index (χ2v) is 3.98. The van der Waals surface area contributed by atoms with Gasteiger partial charge in [-0.25, -0.2) is 0 Å². The first-order valence-corrected chi connectivity index (χ1v) is 5.92. The van der Waals surface area contributed by atoms with Crippen LogP contribution in [0.25, 0.3) is 0 Å². The standard InChI is InChI=1S/C14H14N2O3/c1-2-16(10-5-3-6-11(17)9-10)14(19)12-7-4-8-15-13(12)18/h3-9,17H,2H2,1H3,(H,15,18).